The van der Waals surface area contributed by atoms with Gasteiger partial charge >= 0.3 is 0 Å². The number of ketones is 1. The Morgan fingerprint density at radius 1 is 1.16 bits per heavy atom. The van der Waals surface area contributed by atoms with E-state index < -0.39 is 0 Å². The zero-order chi connectivity index (χ0) is 17.2. The Morgan fingerprint density at radius 2 is 1.92 bits per heavy atom. The van der Waals surface area contributed by atoms with Gasteiger partial charge < -0.3 is 5.32 Å². The van der Waals surface area contributed by atoms with Crippen molar-refractivity contribution in [2.45, 2.75) is 38.6 Å². The second kappa shape index (κ2) is 6.82. The molecule has 25 heavy (non-hydrogen) atoms. The first-order chi connectivity index (χ1) is 12.2. The van der Waals surface area contributed by atoms with Gasteiger partial charge in [0.15, 0.2) is 0 Å². The highest BCUT2D eigenvalue weighted by molar-refractivity contribution is 5.95. The number of benzene rings is 1. The van der Waals surface area contributed by atoms with E-state index in [2.05, 4.69) is 10.4 Å². The summed E-state index contributed by atoms with van der Waals surface area (Å²) in [4.78, 5) is 25.0. The van der Waals surface area contributed by atoms with Crippen molar-refractivity contribution in [3.05, 3.63) is 48.3 Å². The zero-order valence-electron chi connectivity index (χ0n) is 14.2. The molecule has 0 saturated heterocycles. The number of anilines is 1. The molecule has 2 aromatic rings. The molecule has 1 N–H and O–H groups in total. The molecule has 0 radical (unpaired) electrons. The number of nitrogens with zero attached hydrogens (tertiary/aromatic N) is 2. The van der Waals surface area contributed by atoms with Crippen molar-refractivity contribution in [1.29, 1.82) is 0 Å². The van der Waals surface area contributed by atoms with Crippen LogP contribution in [0.1, 0.15) is 37.7 Å². The highest BCUT2D eigenvalue weighted by atomic mass is 16.2. The first-order valence-corrected chi connectivity index (χ1v) is 9.10. The van der Waals surface area contributed by atoms with Crippen LogP contribution in [0.15, 0.2) is 42.7 Å². The van der Waals surface area contributed by atoms with Crippen LogP contribution in [0.3, 0.4) is 0 Å². The molecule has 2 aliphatic carbocycles. The van der Waals surface area contributed by atoms with Gasteiger partial charge in [-0.1, -0.05) is 24.6 Å². The van der Waals surface area contributed by atoms with Crippen LogP contribution in [0.25, 0.3) is 0 Å². The molecule has 5 nitrogen and oxygen atoms in total. The molecule has 2 bridgehead atoms. The Balaban J connectivity index is 1.47. The van der Waals surface area contributed by atoms with Crippen molar-refractivity contribution in [3.8, 4) is 0 Å². The zero-order valence-corrected chi connectivity index (χ0v) is 14.2. The molecule has 1 aromatic heterocycles. The number of carbonyl (C=O) groups is 2. The molecule has 130 valence electrons. The van der Waals surface area contributed by atoms with Crippen LogP contribution in [-0.2, 0) is 16.1 Å². The van der Waals surface area contributed by atoms with Crippen molar-refractivity contribution in [1.82, 2.24) is 9.78 Å². The van der Waals surface area contributed by atoms with Crippen molar-refractivity contribution in [2.24, 2.45) is 17.8 Å². The lowest BCUT2D eigenvalue weighted by molar-refractivity contribution is -0.136. The minimum atomic E-state index is -0.0502. The number of hydrogen-bond donors (Lipinski definition) is 1. The second-order valence-electron chi connectivity index (χ2n) is 7.25. The first-order valence-electron chi connectivity index (χ1n) is 9.10. The van der Waals surface area contributed by atoms with Crippen molar-refractivity contribution < 1.29 is 9.59 Å². The first kappa shape index (κ1) is 16.1. The maximum Gasteiger partial charge on any atom is 0.227 e. The number of para-hydroxylation sites is 1. The molecule has 2 unspecified atom stereocenters. The summed E-state index contributed by atoms with van der Waals surface area (Å²) in [5.41, 5.74) is 1.87. The van der Waals surface area contributed by atoms with Crippen LogP contribution in [0, 0.1) is 17.8 Å². The number of Topliss-reactive ketones (excluding diaryl/α,β-unsaturated/α-hetero) is 1. The van der Waals surface area contributed by atoms with Crippen LogP contribution in [-0.4, -0.2) is 21.5 Å². The number of rotatable bonds is 4. The van der Waals surface area contributed by atoms with Crippen molar-refractivity contribution >= 4 is 17.4 Å². The summed E-state index contributed by atoms with van der Waals surface area (Å²) in [6.07, 6.45) is 8.11. The molecule has 2 aliphatic rings. The van der Waals surface area contributed by atoms with Gasteiger partial charge in [0.2, 0.25) is 5.91 Å². The SMILES string of the molecule is O=C(Nc1ccccc1Cn1cccn1)C1CC2CCCC(C1)C2=O. The topological polar surface area (TPSA) is 64.0 Å². The number of carbonyl (C=O) groups excluding carboxylic acids is 2. The van der Waals surface area contributed by atoms with Crippen LogP contribution < -0.4 is 5.32 Å². The monoisotopic (exact) mass is 337 g/mol. The normalized spacial score (nSPS) is 25.6. The standard InChI is InChI=1S/C20H23N3O2/c24-19-14-6-3-7-15(19)12-17(11-14)20(25)22-18-8-2-1-5-16(18)13-23-10-4-9-21-23/h1-2,4-5,8-10,14-15,17H,3,6-7,11-13H2,(H,22,25). The maximum atomic E-state index is 12.8. The molecule has 0 aliphatic heterocycles. The van der Waals surface area contributed by atoms with Gasteiger partial charge in [0.05, 0.1) is 6.54 Å². The van der Waals surface area contributed by atoms with Gasteiger partial charge in [0.1, 0.15) is 5.78 Å². The van der Waals surface area contributed by atoms with E-state index in [0.29, 0.717) is 25.2 Å². The highest BCUT2D eigenvalue weighted by Gasteiger charge is 2.41. The lowest BCUT2D eigenvalue weighted by atomic mass is 9.67. The Morgan fingerprint density at radius 3 is 2.64 bits per heavy atom. The Bertz CT molecular complexity index is 753. The van der Waals surface area contributed by atoms with Gasteiger partial charge in [-0.05, 0) is 43.4 Å². The third kappa shape index (κ3) is 3.36. The maximum absolute atomic E-state index is 12.8. The fourth-order valence-electron chi connectivity index (χ4n) is 4.28. The average Bonchev–Trinajstić information content (AvgIpc) is 3.09. The van der Waals surface area contributed by atoms with E-state index in [9.17, 15) is 9.59 Å². The van der Waals surface area contributed by atoms with Gasteiger partial charge in [-0.15, -0.1) is 0 Å². The largest absolute Gasteiger partial charge is 0.326 e. The lowest BCUT2D eigenvalue weighted by Crippen LogP contribution is -2.40. The smallest absolute Gasteiger partial charge is 0.227 e. The third-order valence-electron chi connectivity index (χ3n) is 5.59. The van der Waals surface area contributed by atoms with Crippen LogP contribution in [0.2, 0.25) is 0 Å². The number of nitrogens with one attached hydrogen (secondary N) is 1. The molecule has 1 amide bonds. The predicted molar refractivity (Wildman–Crippen MR) is 95.0 cm³/mol. The number of aromatic nitrogens is 2. The number of amides is 1. The van der Waals surface area contributed by atoms with E-state index in [-0.39, 0.29) is 23.7 Å². The average molecular weight is 337 g/mol. The van der Waals surface area contributed by atoms with E-state index in [0.717, 1.165) is 30.5 Å². The summed E-state index contributed by atoms with van der Waals surface area (Å²) >= 11 is 0. The number of fused-ring (bicyclic) bond motifs is 2. The fourth-order valence-corrected chi connectivity index (χ4v) is 4.28. The lowest BCUT2D eigenvalue weighted by Gasteiger charge is -2.37. The van der Waals surface area contributed by atoms with Gasteiger partial charge in [-0.3, -0.25) is 14.3 Å². The molecular weight excluding hydrogens is 314 g/mol. The minimum absolute atomic E-state index is 0.0502. The molecule has 1 aromatic carbocycles. The van der Waals surface area contributed by atoms with Gasteiger partial charge in [-0.25, -0.2) is 0 Å². The summed E-state index contributed by atoms with van der Waals surface area (Å²) in [6.45, 7) is 0.623. The van der Waals surface area contributed by atoms with E-state index in [1.54, 1.807) is 6.20 Å². The van der Waals surface area contributed by atoms with Gasteiger partial charge in [0, 0.05) is 35.8 Å². The van der Waals surface area contributed by atoms with Crippen molar-refractivity contribution in [3.63, 3.8) is 0 Å². The van der Waals surface area contributed by atoms with E-state index >= 15 is 0 Å². The Kier molecular flexibility index (Phi) is 4.38. The number of hydrogen-bond acceptors (Lipinski definition) is 3. The Hall–Kier alpha value is -2.43. The molecule has 4 rings (SSSR count). The van der Waals surface area contributed by atoms with Gasteiger partial charge in [-0.2, -0.15) is 5.10 Å². The molecule has 0 spiro atoms. The molecule has 5 heteroatoms. The molecule has 1 heterocycles. The Labute approximate surface area is 147 Å². The minimum Gasteiger partial charge on any atom is -0.326 e. The van der Waals surface area contributed by atoms with Gasteiger partial charge in [0.25, 0.3) is 0 Å². The molecule has 2 atom stereocenters. The molecular formula is C20H23N3O2. The van der Waals surface area contributed by atoms with Crippen LogP contribution >= 0.6 is 0 Å². The van der Waals surface area contributed by atoms with E-state index in [4.69, 9.17) is 0 Å². The summed E-state index contributed by atoms with van der Waals surface area (Å²) in [6, 6.07) is 9.74. The summed E-state index contributed by atoms with van der Waals surface area (Å²) in [7, 11) is 0. The molecule has 2 fully saturated rings. The fraction of sp³-hybridized carbons (Fsp3) is 0.450. The second-order valence-corrected chi connectivity index (χ2v) is 7.25. The van der Waals surface area contributed by atoms with Crippen LogP contribution in [0.4, 0.5) is 5.69 Å². The van der Waals surface area contributed by atoms with Crippen LogP contribution in [0.5, 0.6) is 0 Å². The van der Waals surface area contributed by atoms with Crippen molar-refractivity contribution in [2.75, 3.05) is 5.32 Å². The predicted octanol–water partition coefficient (Wildman–Crippen LogP) is 3.27. The highest BCUT2D eigenvalue weighted by Crippen LogP contribution is 2.40. The third-order valence-corrected chi connectivity index (χ3v) is 5.59. The summed E-state index contributed by atoms with van der Waals surface area (Å²) < 4.78 is 1.84. The summed E-state index contributed by atoms with van der Waals surface area (Å²) in [5, 5.41) is 7.34. The quantitative estimate of drug-likeness (QED) is 0.931. The molecule has 2 saturated carbocycles. The summed E-state index contributed by atoms with van der Waals surface area (Å²) in [5.74, 6) is 0.600. The van der Waals surface area contributed by atoms with E-state index in [1.165, 1.54) is 0 Å². The van der Waals surface area contributed by atoms with E-state index in [1.807, 2.05) is 41.2 Å².